The van der Waals surface area contributed by atoms with Gasteiger partial charge in [-0.1, -0.05) is 30.3 Å². The maximum Gasteiger partial charge on any atom is 0.121 e. The summed E-state index contributed by atoms with van der Waals surface area (Å²) in [5, 5.41) is 11.7. The molecule has 0 heterocycles. The molecule has 1 N–H and O–H groups in total. The van der Waals surface area contributed by atoms with Crippen molar-refractivity contribution >= 4 is 10.8 Å². The molecule has 0 aromatic heterocycles. The fraction of sp³-hybridized carbons (Fsp3) is 0.286. The first kappa shape index (κ1) is 11.0. The highest BCUT2D eigenvalue weighted by atomic mass is 16.5. The van der Waals surface area contributed by atoms with Crippen LogP contribution in [0.15, 0.2) is 42.5 Å². The Bertz CT molecular complexity index is 477. The van der Waals surface area contributed by atoms with Crippen LogP contribution in [0.25, 0.3) is 10.8 Å². The van der Waals surface area contributed by atoms with E-state index >= 15 is 0 Å². The van der Waals surface area contributed by atoms with Gasteiger partial charge < -0.3 is 9.84 Å². The third-order valence-electron chi connectivity index (χ3n) is 2.72. The highest BCUT2D eigenvalue weighted by molar-refractivity contribution is 5.83. The second-order valence-electron chi connectivity index (χ2n) is 4.07. The molecule has 0 saturated heterocycles. The predicted molar refractivity (Wildman–Crippen MR) is 65.7 cm³/mol. The van der Waals surface area contributed by atoms with Gasteiger partial charge in [-0.05, 0) is 36.8 Å². The van der Waals surface area contributed by atoms with Gasteiger partial charge in [0.2, 0.25) is 0 Å². The van der Waals surface area contributed by atoms with Crippen LogP contribution in [0.3, 0.4) is 0 Å². The molecule has 2 nitrogen and oxygen atoms in total. The highest BCUT2D eigenvalue weighted by Gasteiger charge is 2.10. The molecule has 1 unspecified atom stereocenters. The van der Waals surface area contributed by atoms with Gasteiger partial charge in [0.1, 0.15) is 11.9 Å². The molecule has 0 fully saturated rings. The fourth-order valence-corrected chi connectivity index (χ4v) is 1.55. The van der Waals surface area contributed by atoms with Crippen molar-refractivity contribution < 1.29 is 9.84 Å². The van der Waals surface area contributed by atoms with E-state index in [9.17, 15) is 5.11 Å². The first-order valence-electron chi connectivity index (χ1n) is 5.50. The monoisotopic (exact) mass is 216 g/mol. The number of hydrogen-bond acceptors (Lipinski definition) is 2. The lowest BCUT2D eigenvalue weighted by molar-refractivity contribution is 0.0605. The van der Waals surface area contributed by atoms with E-state index in [4.69, 9.17) is 4.74 Å². The lowest BCUT2D eigenvalue weighted by atomic mass is 10.1. The van der Waals surface area contributed by atoms with Crippen LogP contribution < -0.4 is 4.74 Å². The van der Waals surface area contributed by atoms with Crippen molar-refractivity contribution in [1.82, 2.24) is 0 Å². The molecule has 2 aromatic rings. The number of ether oxygens (including phenoxy) is 1. The van der Waals surface area contributed by atoms with Crippen LogP contribution in [0.1, 0.15) is 13.8 Å². The Morgan fingerprint density at radius 3 is 2.38 bits per heavy atom. The molecule has 2 atom stereocenters. The number of aliphatic hydroxyl groups is 1. The molecule has 0 amide bonds. The van der Waals surface area contributed by atoms with Gasteiger partial charge in [-0.25, -0.2) is 0 Å². The second-order valence-corrected chi connectivity index (χ2v) is 4.07. The van der Waals surface area contributed by atoms with Crippen molar-refractivity contribution in [1.29, 1.82) is 0 Å². The molecule has 84 valence electrons. The molecule has 16 heavy (non-hydrogen) atoms. The molecular formula is C14H16O2. The lowest BCUT2D eigenvalue weighted by Gasteiger charge is -2.17. The summed E-state index contributed by atoms with van der Waals surface area (Å²) in [6.07, 6.45) is -0.660. The topological polar surface area (TPSA) is 29.5 Å². The van der Waals surface area contributed by atoms with Crippen LogP contribution in [0, 0.1) is 0 Å². The molecule has 0 aliphatic carbocycles. The zero-order valence-electron chi connectivity index (χ0n) is 9.55. The average molecular weight is 216 g/mol. The van der Waals surface area contributed by atoms with E-state index in [0.717, 1.165) is 11.1 Å². The normalized spacial score (nSPS) is 14.7. The van der Waals surface area contributed by atoms with E-state index < -0.39 is 6.10 Å². The highest BCUT2D eigenvalue weighted by Crippen LogP contribution is 2.21. The molecule has 0 aliphatic rings. The summed E-state index contributed by atoms with van der Waals surface area (Å²) in [5.41, 5.74) is 0. The van der Waals surface area contributed by atoms with E-state index in [1.54, 1.807) is 6.92 Å². The Labute approximate surface area is 95.5 Å². The number of benzene rings is 2. The van der Waals surface area contributed by atoms with Gasteiger partial charge in [0.05, 0.1) is 6.10 Å². The van der Waals surface area contributed by atoms with Crippen LogP contribution >= 0.6 is 0 Å². The lowest BCUT2D eigenvalue weighted by Crippen LogP contribution is -2.25. The molecule has 0 radical (unpaired) electrons. The Kier molecular flexibility index (Phi) is 3.11. The summed E-state index contributed by atoms with van der Waals surface area (Å²) in [4.78, 5) is 0. The zero-order chi connectivity index (χ0) is 11.5. The number of fused-ring (bicyclic) bond motifs is 1. The van der Waals surface area contributed by atoms with E-state index in [1.807, 2.05) is 37.3 Å². The van der Waals surface area contributed by atoms with Gasteiger partial charge in [0.15, 0.2) is 0 Å². The molecule has 0 spiro atoms. The van der Waals surface area contributed by atoms with Crippen LogP contribution in [0.2, 0.25) is 0 Å². The maximum atomic E-state index is 9.37. The van der Waals surface area contributed by atoms with Gasteiger partial charge in [-0.15, -0.1) is 0 Å². The average Bonchev–Trinajstić information content (AvgIpc) is 2.28. The molecule has 0 bridgehead atoms. The predicted octanol–water partition coefficient (Wildman–Crippen LogP) is 2.99. The van der Waals surface area contributed by atoms with Crippen LogP contribution in [0.5, 0.6) is 5.75 Å². The maximum absolute atomic E-state index is 9.37. The summed E-state index contributed by atoms with van der Waals surface area (Å²) < 4.78 is 5.63. The molecule has 0 saturated carbocycles. The minimum atomic E-state index is -0.466. The van der Waals surface area contributed by atoms with Crippen molar-refractivity contribution in [3.05, 3.63) is 42.5 Å². The molecule has 2 heteroatoms. The standard InChI is InChI=1S/C14H16O2/c1-10(15)11(2)16-14-8-7-12-5-3-4-6-13(12)9-14/h3-11,15H,1-2H3/t10-,11?/m1/s1. The quantitative estimate of drug-likeness (QED) is 0.854. The van der Waals surface area contributed by atoms with Gasteiger partial charge >= 0.3 is 0 Å². The minimum absolute atomic E-state index is 0.193. The van der Waals surface area contributed by atoms with Gasteiger partial charge in [-0.2, -0.15) is 0 Å². The summed E-state index contributed by atoms with van der Waals surface area (Å²) in [5.74, 6) is 0.798. The molecule has 0 aliphatic heterocycles. The smallest absolute Gasteiger partial charge is 0.121 e. The van der Waals surface area contributed by atoms with E-state index in [-0.39, 0.29) is 6.10 Å². The zero-order valence-corrected chi connectivity index (χ0v) is 9.55. The number of hydrogen-bond donors (Lipinski definition) is 1. The summed E-state index contributed by atoms with van der Waals surface area (Å²) in [6.45, 7) is 3.59. The first-order valence-corrected chi connectivity index (χ1v) is 5.50. The van der Waals surface area contributed by atoms with E-state index in [2.05, 4.69) is 12.1 Å². The summed E-state index contributed by atoms with van der Waals surface area (Å²) in [6, 6.07) is 14.1. The van der Waals surface area contributed by atoms with Crippen LogP contribution in [0.4, 0.5) is 0 Å². The summed E-state index contributed by atoms with van der Waals surface area (Å²) >= 11 is 0. The van der Waals surface area contributed by atoms with Gasteiger partial charge in [-0.3, -0.25) is 0 Å². The largest absolute Gasteiger partial charge is 0.488 e. The van der Waals surface area contributed by atoms with E-state index in [1.165, 1.54) is 5.39 Å². The third kappa shape index (κ3) is 2.34. The SMILES string of the molecule is CC(Oc1ccc2ccccc2c1)[C@@H](C)O. The Morgan fingerprint density at radius 1 is 1.00 bits per heavy atom. The van der Waals surface area contributed by atoms with Gasteiger partial charge in [0, 0.05) is 0 Å². The van der Waals surface area contributed by atoms with Crippen molar-refractivity contribution in [2.45, 2.75) is 26.1 Å². The van der Waals surface area contributed by atoms with Gasteiger partial charge in [0.25, 0.3) is 0 Å². The third-order valence-corrected chi connectivity index (χ3v) is 2.72. The number of rotatable bonds is 3. The van der Waals surface area contributed by atoms with Crippen molar-refractivity contribution in [2.24, 2.45) is 0 Å². The van der Waals surface area contributed by atoms with Crippen molar-refractivity contribution in [3.8, 4) is 5.75 Å². The summed E-state index contributed by atoms with van der Waals surface area (Å²) in [7, 11) is 0. The molecule has 2 aromatic carbocycles. The van der Waals surface area contributed by atoms with Crippen LogP contribution in [-0.2, 0) is 0 Å². The first-order chi connectivity index (χ1) is 7.66. The van der Waals surface area contributed by atoms with E-state index in [0.29, 0.717) is 0 Å². The Balaban J connectivity index is 2.26. The molecular weight excluding hydrogens is 200 g/mol. The molecule has 2 rings (SSSR count). The van der Waals surface area contributed by atoms with Crippen molar-refractivity contribution in [3.63, 3.8) is 0 Å². The van der Waals surface area contributed by atoms with Crippen LogP contribution in [-0.4, -0.2) is 17.3 Å². The Morgan fingerprint density at radius 2 is 1.69 bits per heavy atom. The number of aliphatic hydroxyl groups excluding tert-OH is 1. The fourth-order valence-electron chi connectivity index (χ4n) is 1.55. The second kappa shape index (κ2) is 4.54. The Hall–Kier alpha value is -1.54. The minimum Gasteiger partial charge on any atom is -0.488 e. The van der Waals surface area contributed by atoms with Crippen molar-refractivity contribution in [2.75, 3.05) is 0 Å².